The first-order chi connectivity index (χ1) is 7.22. The van der Waals surface area contributed by atoms with Crippen LogP contribution in [0.2, 0.25) is 5.02 Å². The molecule has 0 amide bonds. The van der Waals surface area contributed by atoms with Crippen molar-refractivity contribution in [1.29, 1.82) is 0 Å². The predicted octanol–water partition coefficient (Wildman–Crippen LogP) is 3.51. The molecule has 1 aromatic heterocycles. The minimum absolute atomic E-state index is 0.624. The zero-order valence-corrected chi connectivity index (χ0v) is 9.08. The molecule has 0 radical (unpaired) electrons. The number of pyridine rings is 1. The Bertz CT molecular complexity index is 522. The predicted molar refractivity (Wildman–Crippen MR) is 62.8 cm³/mol. The minimum atomic E-state index is 0.624. The highest BCUT2D eigenvalue weighted by Crippen LogP contribution is 2.24. The molecule has 2 aromatic rings. The van der Waals surface area contributed by atoms with Crippen molar-refractivity contribution in [2.45, 2.75) is 0 Å². The molecule has 1 heterocycles. The maximum absolute atomic E-state index is 6.03. The lowest BCUT2D eigenvalue weighted by atomic mass is 10.1. The number of halogens is 1. The van der Waals surface area contributed by atoms with Gasteiger partial charge in [-0.2, -0.15) is 0 Å². The Morgan fingerprint density at radius 1 is 1.40 bits per heavy atom. The molecule has 15 heavy (non-hydrogen) atoms. The largest absolute Gasteiger partial charge is 0.497 e. The van der Waals surface area contributed by atoms with Crippen LogP contribution in [0.4, 0.5) is 0 Å². The molecule has 0 aliphatic heterocycles. The Morgan fingerprint density at radius 3 is 2.93 bits per heavy atom. The van der Waals surface area contributed by atoms with Crippen molar-refractivity contribution in [3.63, 3.8) is 0 Å². The van der Waals surface area contributed by atoms with Gasteiger partial charge in [-0.05, 0) is 12.1 Å². The molecule has 0 saturated heterocycles. The van der Waals surface area contributed by atoms with Crippen LogP contribution in [0, 0.1) is 0 Å². The first-order valence-electron chi connectivity index (χ1n) is 4.50. The summed E-state index contributed by atoms with van der Waals surface area (Å²) < 4.78 is 5.06. The maximum atomic E-state index is 6.03. The van der Waals surface area contributed by atoms with Crippen molar-refractivity contribution in [3.8, 4) is 0 Å². The quantitative estimate of drug-likeness (QED) is 0.722. The summed E-state index contributed by atoms with van der Waals surface area (Å²) >= 11 is 6.03. The third-order valence-corrected chi connectivity index (χ3v) is 2.59. The number of ether oxygens (including phenoxy) is 1. The summed E-state index contributed by atoms with van der Waals surface area (Å²) in [5.74, 6) is 0.624. The summed E-state index contributed by atoms with van der Waals surface area (Å²) in [6.07, 6.45) is 1.68. The van der Waals surface area contributed by atoms with Crippen molar-refractivity contribution in [1.82, 2.24) is 4.98 Å². The number of hydrogen-bond donors (Lipinski definition) is 0. The third-order valence-electron chi connectivity index (χ3n) is 2.26. The monoisotopic (exact) mass is 219 g/mol. The summed E-state index contributed by atoms with van der Waals surface area (Å²) in [7, 11) is 1.60. The molecule has 76 valence electrons. The van der Waals surface area contributed by atoms with Crippen molar-refractivity contribution >= 4 is 28.3 Å². The molecule has 1 aromatic carbocycles. The normalized spacial score (nSPS) is 10.3. The van der Waals surface area contributed by atoms with Crippen LogP contribution in [0.3, 0.4) is 0 Å². The van der Waals surface area contributed by atoms with E-state index in [4.69, 9.17) is 16.3 Å². The summed E-state index contributed by atoms with van der Waals surface area (Å²) in [6, 6.07) is 7.52. The van der Waals surface area contributed by atoms with E-state index in [1.807, 2.05) is 18.2 Å². The molecular formula is C12H10ClNO. The van der Waals surface area contributed by atoms with Crippen molar-refractivity contribution < 1.29 is 4.74 Å². The highest BCUT2D eigenvalue weighted by molar-refractivity contribution is 6.35. The molecule has 0 saturated carbocycles. The van der Waals surface area contributed by atoms with E-state index in [1.165, 1.54) is 0 Å². The van der Waals surface area contributed by atoms with Crippen molar-refractivity contribution in [3.05, 3.63) is 47.6 Å². The lowest BCUT2D eigenvalue weighted by molar-refractivity contribution is 0.371. The molecule has 0 unspecified atom stereocenters. The van der Waals surface area contributed by atoms with E-state index in [1.54, 1.807) is 19.4 Å². The zero-order valence-electron chi connectivity index (χ0n) is 8.33. The fourth-order valence-corrected chi connectivity index (χ4v) is 1.62. The van der Waals surface area contributed by atoms with Gasteiger partial charge in [-0.1, -0.05) is 30.3 Å². The van der Waals surface area contributed by atoms with Gasteiger partial charge in [-0.3, -0.25) is 4.98 Å². The van der Waals surface area contributed by atoms with E-state index in [0.29, 0.717) is 10.8 Å². The number of benzene rings is 1. The van der Waals surface area contributed by atoms with E-state index in [9.17, 15) is 0 Å². The van der Waals surface area contributed by atoms with Gasteiger partial charge in [0.25, 0.3) is 0 Å². The molecule has 2 rings (SSSR count). The van der Waals surface area contributed by atoms with Crippen molar-refractivity contribution in [2.24, 2.45) is 0 Å². The second kappa shape index (κ2) is 3.91. The highest BCUT2D eigenvalue weighted by atomic mass is 35.5. The van der Waals surface area contributed by atoms with Crippen LogP contribution in [-0.2, 0) is 4.74 Å². The lowest BCUT2D eigenvalue weighted by Gasteiger charge is -2.05. The Morgan fingerprint density at radius 2 is 2.20 bits per heavy atom. The second-order valence-corrected chi connectivity index (χ2v) is 3.56. The van der Waals surface area contributed by atoms with Gasteiger partial charge in [0, 0.05) is 17.1 Å². The van der Waals surface area contributed by atoms with Crippen LogP contribution in [-0.4, -0.2) is 12.1 Å². The molecular weight excluding hydrogens is 210 g/mol. The number of fused-ring (bicyclic) bond motifs is 1. The second-order valence-electron chi connectivity index (χ2n) is 3.15. The highest BCUT2D eigenvalue weighted by Gasteiger charge is 2.03. The van der Waals surface area contributed by atoms with Crippen LogP contribution in [0.5, 0.6) is 0 Å². The zero-order chi connectivity index (χ0) is 10.8. The molecule has 0 N–H and O–H groups in total. The van der Waals surface area contributed by atoms with Gasteiger partial charge in [-0.25, -0.2) is 0 Å². The van der Waals surface area contributed by atoms with E-state index in [2.05, 4.69) is 11.6 Å². The Labute approximate surface area is 93.2 Å². The molecule has 0 atom stereocenters. The van der Waals surface area contributed by atoms with Crippen LogP contribution in [0.1, 0.15) is 5.56 Å². The third kappa shape index (κ3) is 1.81. The topological polar surface area (TPSA) is 22.1 Å². The van der Waals surface area contributed by atoms with Gasteiger partial charge in [0.2, 0.25) is 0 Å². The van der Waals surface area contributed by atoms with Gasteiger partial charge in [-0.15, -0.1) is 0 Å². The van der Waals surface area contributed by atoms with Gasteiger partial charge in [0.1, 0.15) is 5.76 Å². The van der Waals surface area contributed by atoms with E-state index in [-0.39, 0.29) is 0 Å². The van der Waals surface area contributed by atoms with Gasteiger partial charge in [0.15, 0.2) is 0 Å². The Hall–Kier alpha value is -1.54. The maximum Gasteiger partial charge on any atom is 0.118 e. The van der Waals surface area contributed by atoms with E-state index >= 15 is 0 Å². The molecule has 0 spiro atoms. The molecule has 0 bridgehead atoms. The van der Waals surface area contributed by atoms with Crippen LogP contribution in [0.15, 0.2) is 37.0 Å². The first-order valence-corrected chi connectivity index (χ1v) is 4.87. The first kappa shape index (κ1) is 9.99. The summed E-state index contributed by atoms with van der Waals surface area (Å²) in [4.78, 5) is 4.24. The summed E-state index contributed by atoms with van der Waals surface area (Å²) in [5, 5.41) is 1.64. The van der Waals surface area contributed by atoms with Crippen LogP contribution >= 0.6 is 11.6 Å². The molecule has 0 aliphatic rings. The number of rotatable bonds is 2. The number of methoxy groups -OCH3 is 1. The Balaban J connectivity index is 2.62. The Kier molecular flexibility index (Phi) is 2.60. The average Bonchev–Trinajstić information content (AvgIpc) is 2.28. The number of hydrogen-bond acceptors (Lipinski definition) is 2. The standard InChI is InChI=1S/C12H10ClNO/c1-8(15-2)9-3-4-10-11(13)5-6-14-12(10)7-9/h3-7H,1H2,2H3. The van der Waals surface area contributed by atoms with Gasteiger partial charge in [0.05, 0.1) is 17.6 Å². The van der Waals surface area contributed by atoms with Crippen LogP contribution in [0.25, 0.3) is 16.7 Å². The van der Waals surface area contributed by atoms with Gasteiger partial charge < -0.3 is 4.74 Å². The van der Waals surface area contributed by atoms with Gasteiger partial charge >= 0.3 is 0 Å². The fourth-order valence-electron chi connectivity index (χ4n) is 1.40. The fraction of sp³-hybridized carbons (Fsp3) is 0.0833. The molecule has 3 heteroatoms. The van der Waals surface area contributed by atoms with Crippen molar-refractivity contribution in [2.75, 3.05) is 7.11 Å². The summed E-state index contributed by atoms with van der Waals surface area (Å²) in [5.41, 5.74) is 1.76. The van der Waals surface area contributed by atoms with E-state index in [0.717, 1.165) is 16.5 Å². The smallest absolute Gasteiger partial charge is 0.118 e. The molecule has 0 aliphatic carbocycles. The average molecular weight is 220 g/mol. The summed E-state index contributed by atoms with van der Waals surface area (Å²) in [6.45, 7) is 3.79. The number of nitrogens with zero attached hydrogens (tertiary/aromatic N) is 1. The minimum Gasteiger partial charge on any atom is -0.497 e. The number of aromatic nitrogens is 1. The van der Waals surface area contributed by atoms with E-state index < -0.39 is 0 Å². The molecule has 2 nitrogen and oxygen atoms in total. The lowest BCUT2D eigenvalue weighted by Crippen LogP contribution is -1.87. The SMILES string of the molecule is C=C(OC)c1ccc2c(Cl)ccnc2c1. The molecule has 0 fully saturated rings. The van der Waals surface area contributed by atoms with Crippen LogP contribution < -0.4 is 0 Å².